The number of alkyl halides is 3. The molecule has 1 fully saturated rings. The number of nitrogens with one attached hydrogen (secondary N) is 1. The van der Waals surface area contributed by atoms with E-state index >= 15 is 0 Å². The van der Waals surface area contributed by atoms with Gasteiger partial charge in [-0.1, -0.05) is 0 Å². The molecule has 0 aliphatic carbocycles. The van der Waals surface area contributed by atoms with E-state index in [9.17, 15) is 18.0 Å². The van der Waals surface area contributed by atoms with E-state index in [4.69, 9.17) is 0 Å². The van der Waals surface area contributed by atoms with Crippen molar-refractivity contribution in [2.45, 2.75) is 25.1 Å². The van der Waals surface area contributed by atoms with Crippen LogP contribution < -0.4 is 5.32 Å². The van der Waals surface area contributed by atoms with Crippen LogP contribution in [0.4, 0.5) is 18.3 Å². The lowest BCUT2D eigenvalue weighted by atomic mass is 10.1. The quantitative estimate of drug-likeness (QED) is 0.893. The Hall–Kier alpha value is -1.38. The average Bonchev–Trinajstić information content (AvgIpc) is 2.72. The Morgan fingerprint density at radius 3 is 2.78 bits per heavy atom. The Balaban J connectivity index is 1.98. The van der Waals surface area contributed by atoms with Crippen LogP contribution in [0.15, 0.2) is 0 Å². The highest BCUT2D eigenvalue weighted by molar-refractivity contribution is 7.09. The Morgan fingerprint density at radius 2 is 2.22 bits per heavy atom. The van der Waals surface area contributed by atoms with Crippen molar-refractivity contribution in [3.05, 3.63) is 5.82 Å². The molecule has 100 valence electrons. The summed E-state index contributed by atoms with van der Waals surface area (Å²) in [5.41, 5.74) is 0. The van der Waals surface area contributed by atoms with Crippen LogP contribution >= 0.6 is 11.5 Å². The number of hydrogen-bond donors (Lipinski definition) is 1. The van der Waals surface area contributed by atoms with Gasteiger partial charge in [0.2, 0.25) is 16.9 Å². The fourth-order valence-electron chi connectivity index (χ4n) is 1.70. The topological polar surface area (TPSA) is 58.1 Å². The predicted molar refractivity (Wildman–Crippen MR) is 59.2 cm³/mol. The van der Waals surface area contributed by atoms with Crippen LogP contribution in [0.25, 0.3) is 0 Å². The van der Waals surface area contributed by atoms with Crippen molar-refractivity contribution in [1.82, 2.24) is 14.3 Å². The number of nitrogens with zero attached hydrogens (tertiary/aromatic N) is 3. The number of rotatable bonds is 2. The van der Waals surface area contributed by atoms with Gasteiger partial charge in [-0.15, -0.1) is 0 Å². The van der Waals surface area contributed by atoms with Gasteiger partial charge in [0.1, 0.15) is 0 Å². The number of anilines is 1. The molecule has 1 N–H and O–H groups in total. The van der Waals surface area contributed by atoms with Crippen molar-refractivity contribution in [3.8, 4) is 0 Å². The Morgan fingerprint density at radius 1 is 1.50 bits per heavy atom. The fraction of sp³-hybridized carbons (Fsp3) is 0.667. The predicted octanol–water partition coefficient (Wildman–Crippen LogP) is 1.59. The number of halogens is 3. The smallest absolute Gasteiger partial charge is 0.356 e. The molecule has 1 amide bonds. The summed E-state index contributed by atoms with van der Waals surface area (Å²) in [7, 11) is 1.66. The standard InChI is InChI=1S/C9H11F3N4OS/c1-16-4-5(2-3-6(16)17)13-8-14-7(15-18-8)9(10,11)12/h5H,2-4H2,1H3,(H,13,14,15). The summed E-state index contributed by atoms with van der Waals surface area (Å²) in [4.78, 5) is 16.2. The molecule has 1 unspecified atom stereocenters. The number of carbonyl (C=O) groups is 1. The van der Waals surface area contributed by atoms with Gasteiger partial charge in [0, 0.05) is 37.6 Å². The molecule has 0 spiro atoms. The number of carbonyl (C=O) groups excluding carboxylic acids is 1. The molecule has 1 aliphatic heterocycles. The Bertz CT molecular complexity index is 447. The molecule has 2 heterocycles. The molecule has 1 aliphatic rings. The third-order valence-electron chi connectivity index (χ3n) is 2.63. The van der Waals surface area contributed by atoms with Crippen LogP contribution in [0.3, 0.4) is 0 Å². The summed E-state index contributed by atoms with van der Waals surface area (Å²) in [6.07, 6.45) is -3.54. The lowest BCUT2D eigenvalue weighted by Crippen LogP contribution is -2.43. The van der Waals surface area contributed by atoms with E-state index in [1.165, 1.54) is 0 Å². The van der Waals surface area contributed by atoms with Gasteiger partial charge in [0.15, 0.2) is 0 Å². The van der Waals surface area contributed by atoms with Gasteiger partial charge in [-0.3, -0.25) is 4.79 Å². The van der Waals surface area contributed by atoms with Gasteiger partial charge in [0.25, 0.3) is 0 Å². The van der Waals surface area contributed by atoms with Crippen molar-refractivity contribution in [3.63, 3.8) is 0 Å². The number of amides is 1. The van der Waals surface area contributed by atoms with E-state index in [2.05, 4.69) is 14.7 Å². The molecule has 1 aromatic rings. The molecular weight excluding hydrogens is 269 g/mol. The van der Waals surface area contributed by atoms with Crippen molar-refractivity contribution in [2.24, 2.45) is 0 Å². The van der Waals surface area contributed by atoms with Crippen molar-refractivity contribution >= 4 is 22.6 Å². The van der Waals surface area contributed by atoms with Crippen molar-refractivity contribution < 1.29 is 18.0 Å². The van der Waals surface area contributed by atoms with Crippen LogP contribution in [0.1, 0.15) is 18.7 Å². The molecule has 5 nitrogen and oxygen atoms in total. The normalized spacial score (nSPS) is 21.2. The molecule has 0 radical (unpaired) electrons. The molecule has 1 atom stereocenters. The first-order chi connectivity index (χ1) is 8.36. The van der Waals surface area contributed by atoms with E-state index in [1.807, 2.05) is 0 Å². The number of likely N-dealkylation sites (tertiary alicyclic amines) is 1. The highest BCUT2D eigenvalue weighted by Crippen LogP contribution is 2.29. The monoisotopic (exact) mass is 280 g/mol. The first kappa shape index (κ1) is 13.1. The van der Waals surface area contributed by atoms with Crippen LogP contribution in [-0.4, -0.2) is 39.8 Å². The molecule has 0 aromatic carbocycles. The summed E-state index contributed by atoms with van der Waals surface area (Å²) < 4.78 is 40.1. The Kier molecular flexibility index (Phi) is 3.42. The van der Waals surface area contributed by atoms with E-state index in [1.54, 1.807) is 11.9 Å². The number of likely N-dealkylation sites (N-methyl/N-ethyl adjacent to an activating group) is 1. The van der Waals surface area contributed by atoms with Gasteiger partial charge in [0.05, 0.1) is 0 Å². The molecule has 1 aromatic heterocycles. The van der Waals surface area contributed by atoms with Gasteiger partial charge < -0.3 is 10.2 Å². The van der Waals surface area contributed by atoms with E-state index in [-0.39, 0.29) is 17.1 Å². The number of piperidine rings is 1. The van der Waals surface area contributed by atoms with Gasteiger partial charge >= 0.3 is 6.18 Å². The van der Waals surface area contributed by atoms with Gasteiger partial charge in [-0.25, -0.2) is 0 Å². The second kappa shape index (κ2) is 4.71. The zero-order chi connectivity index (χ0) is 13.3. The molecular formula is C9H11F3N4OS. The maximum absolute atomic E-state index is 12.3. The van der Waals surface area contributed by atoms with E-state index < -0.39 is 12.0 Å². The maximum Gasteiger partial charge on any atom is 0.452 e. The zero-order valence-electron chi connectivity index (χ0n) is 9.49. The molecule has 2 rings (SSSR count). The average molecular weight is 280 g/mol. The lowest BCUT2D eigenvalue weighted by Gasteiger charge is -2.29. The van der Waals surface area contributed by atoms with Crippen LogP contribution in [0.2, 0.25) is 0 Å². The first-order valence-corrected chi connectivity index (χ1v) is 6.05. The summed E-state index contributed by atoms with van der Waals surface area (Å²) in [6.45, 7) is 0.458. The SMILES string of the molecule is CN1CC(Nc2nc(C(F)(F)F)ns2)CCC1=O. The minimum Gasteiger partial charge on any atom is -0.356 e. The van der Waals surface area contributed by atoms with Crippen molar-refractivity contribution in [2.75, 3.05) is 18.9 Å². The highest BCUT2D eigenvalue weighted by atomic mass is 32.1. The summed E-state index contributed by atoms with van der Waals surface area (Å²) in [5.74, 6) is -1.09. The second-order valence-corrected chi connectivity index (χ2v) is 4.83. The molecule has 9 heteroatoms. The summed E-state index contributed by atoms with van der Waals surface area (Å²) in [6, 6.07) is -0.0817. The lowest BCUT2D eigenvalue weighted by molar-refractivity contribution is -0.144. The molecule has 18 heavy (non-hydrogen) atoms. The van der Waals surface area contributed by atoms with Crippen molar-refractivity contribution in [1.29, 1.82) is 0 Å². The van der Waals surface area contributed by atoms with E-state index in [0.29, 0.717) is 30.9 Å². The maximum atomic E-state index is 12.3. The third-order valence-corrected chi connectivity index (χ3v) is 3.28. The molecule has 0 saturated carbocycles. The third kappa shape index (κ3) is 2.89. The summed E-state index contributed by atoms with van der Waals surface area (Å²) >= 11 is 0.676. The van der Waals surface area contributed by atoms with Gasteiger partial charge in [-0.2, -0.15) is 22.5 Å². The minimum absolute atomic E-state index is 0.0429. The van der Waals surface area contributed by atoms with Crippen LogP contribution in [0.5, 0.6) is 0 Å². The number of aromatic nitrogens is 2. The Labute approximate surface area is 105 Å². The largest absolute Gasteiger partial charge is 0.452 e. The first-order valence-electron chi connectivity index (χ1n) is 5.27. The minimum atomic E-state index is -4.52. The highest BCUT2D eigenvalue weighted by Gasteiger charge is 2.36. The van der Waals surface area contributed by atoms with Crippen LogP contribution in [-0.2, 0) is 11.0 Å². The van der Waals surface area contributed by atoms with Gasteiger partial charge in [-0.05, 0) is 6.42 Å². The van der Waals surface area contributed by atoms with Crippen LogP contribution in [0, 0.1) is 0 Å². The molecule has 1 saturated heterocycles. The summed E-state index contributed by atoms with van der Waals surface area (Å²) in [5, 5.41) is 3.01. The number of hydrogen-bond acceptors (Lipinski definition) is 5. The van der Waals surface area contributed by atoms with E-state index in [0.717, 1.165) is 0 Å². The zero-order valence-corrected chi connectivity index (χ0v) is 10.3. The molecule has 0 bridgehead atoms. The second-order valence-electron chi connectivity index (χ2n) is 4.08. The fourth-order valence-corrected chi connectivity index (χ4v) is 2.37.